The number of hydrogen-bond acceptors (Lipinski definition) is 6. The Labute approximate surface area is 193 Å². The average Bonchev–Trinajstić information content (AvgIpc) is 3.26. The second-order valence-electron chi connectivity index (χ2n) is 7.52. The molecule has 0 bridgehead atoms. The molecule has 6 nitrogen and oxygen atoms in total. The van der Waals surface area contributed by atoms with Crippen LogP contribution in [0.5, 0.6) is 0 Å². The van der Waals surface area contributed by atoms with Crippen LogP contribution in [-0.4, -0.2) is 37.4 Å². The van der Waals surface area contributed by atoms with Crippen molar-refractivity contribution < 1.29 is 28.1 Å². The topological polar surface area (TPSA) is 71.1 Å². The van der Waals surface area contributed by atoms with Crippen molar-refractivity contribution in [1.29, 1.82) is 0 Å². The van der Waals surface area contributed by atoms with Crippen LogP contribution in [0, 0.1) is 0 Å². The van der Waals surface area contributed by atoms with Gasteiger partial charge in [-0.3, -0.25) is 0 Å². The first-order valence-corrected chi connectivity index (χ1v) is 13.0. The van der Waals surface area contributed by atoms with Crippen molar-refractivity contribution in [3.8, 4) is 0 Å². The zero-order chi connectivity index (χ0) is 23.3. The minimum atomic E-state index is -4.25. The number of rotatable bonds is 7. The Morgan fingerprint density at radius 1 is 0.636 bits per heavy atom. The zero-order valence-electron chi connectivity index (χ0n) is 18.6. The van der Waals surface area contributed by atoms with Crippen molar-refractivity contribution in [2.45, 2.75) is 26.1 Å². The van der Waals surface area contributed by atoms with Crippen molar-refractivity contribution in [3.05, 3.63) is 91.0 Å². The fraction of sp³-hybridized carbons (Fsp3) is 0.231. The first kappa shape index (κ1) is 23.1. The molecule has 3 aromatic carbocycles. The van der Waals surface area contributed by atoms with Crippen LogP contribution in [0.3, 0.4) is 0 Å². The van der Waals surface area contributed by atoms with Crippen LogP contribution in [0.4, 0.5) is 0 Å². The quantitative estimate of drug-likeness (QED) is 0.393. The monoisotopic (exact) mass is 466 g/mol. The summed E-state index contributed by atoms with van der Waals surface area (Å²) in [5.74, 6) is -1.32. The molecule has 1 fully saturated rings. The maximum absolute atomic E-state index is 13.1. The molecule has 172 valence electrons. The van der Waals surface area contributed by atoms with Crippen molar-refractivity contribution >= 4 is 34.9 Å². The molecule has 0 aromatic heterocycles. The predicted octanol–water partition coefficient (Wildman–Crippen LogP) is 3.26. The first-order valence-electron chi connectivity index (χ1n) is 11.0. The van der Waals surface area contributed by atoms with Crippen LogP contribution in [0.2, 0.25) is 0 Å². The van der Waals surface area contributed by atoms with E-state index in [-0.39, 0.29) is 13.2 Å². The van der Waals surface area contributed by atoms with Gasteiger partial charge in [0, 0.05) is 0 Å². The van der Waals surface area contributed by atoms with E-state index in [9.17, 15) is 9.59 Å². The van der Waals surface area contributed by atoms with Gasteiger partial charge in [0.25, 0.3) is 0 Å². The van der Waals surface area contributed by atoms with E-state index in [2.05, 4.69) is 0 Å². The number of carbonyl (C=O) groups excluding carboxylic acids is 2. The van der Waals surface area contributed by atoms with E-state index in [0.717, 1.165) is 15.9 Å². The summed E-state index contributed by atoms with van der Waals surface area (Å²) >= 11 is 0. The molecule has 0 N–H and O–H groups in total. The summed E-state index contributed by atoms with van der Waals surface area (Å²) in [6.07, 6.45) is -2.58. The van der Waals surface area contributed by atoms with Gasteiger partial charge in [-0.05, 0) is 0 Å². The summed E-state index contributed by atoms with van der Waals surface area (Å²) in [4.78, 5) is 26.1. The standard InChI is InChI=1S/C26H27O6P/c1-3-29-25(27)23-24(26(28)30-4-2)32-33(31-23,20-14-8-5-9-15-20,21-16-10-6-11-17-21)22-18-12-7-13-19-22/h5-19,23-24H,3-4H2,1-2H3/t23-,24-/m0/s1. The predicted molar refractivity (Wildman–Crippen MR) is 128 cm³/mol. The van der Waals surface area contributed by atoms with E-state index in [1.54, 1.807) is 13.8 Å². The van der Waals surface area contributed by atoms with Crippen molar-refractivity contribution in [2.24, 2.45) is 0 Å². The third kappa shape index (κ3) is 3.74. The number of carbonyl (C=O) groups is 2. The molecular formula is C26H27O6P. The van der Waals surface area contributed by atoms with Gasteiger partial charge >= 0.3 is 193 Å². The Morgan fingerprint density at radius 3 is 1.21 bits per heavy atom. The normalized spacial score (nSPS) is 21.9. The number of benzene rings is 3. The van der Waals surface area contributed by atoms with Gasteiger partial charge < -0.3 is 0 Å². The molecule has 0 spiro atoms. The summed E-state index contributed by atoms with van der Waals surface area (Å²) in [6, 6.07) is 28.5. The van der Waals surface area contributed by atoms with Crippen LogP contribution in [0.15, 0.2) is 91.0 Å². The van der Waals surface area contributed by atoms with Crippen LogP contribution in [0.25, 0.3) is 0 Å². The van der Waals surface area contributed by atoms with Gasteiger partial charge in [-0.2, -0.15) is 0 Å². The van der Waals surface area contributed by atoms with Gasteiger partial charge in [0.2, 0.25) is 0 Å². The van der Waals surface area contributed by atoms with Crippen molar-refractivity contribution in [3.63, 3.8) is 0 Å². The van der Waals surface area contributed by atoms with Crippen LogP contribution < -0.4 is 15.9 Å². The molecule has 0 amide bonds. The molecule has 4 rings (SSSR count). The molecule has 1 aliphatic heterocycles. The van der Waals surface area contributed by atoms with E-state index < -0.39 is 31.2 Å². The van der Waals surface area contributed by atoms with Crippen LogP contribution in [-0.2, 0) is 28.1 Å². The summed E-state index contributed by atoms with van der Waals surface area (Å²) in [6.45, 7) is 3.70. The summed E-state index contributed by atoms with van der Waals surface area (Å²) in [5.41, 5.74) is 0. The maximum atomic E-state index is 13.1. The number of ether oxygens (including phenoxy) is 2. The molecular weight excluding hydrogens is 439 g/mol. The zero-order valence-corrected chi connectivity index (χ0v) is 19.5. The second-order valence-corrected chi connectivity index (χ2v) is 11.4. The summed E-state index contributed by atoms with van der Waals surface area (Å²) in [7, 11) is -4.25. The Balaban J connectivity index is 2.07. The first-order chi connectivity index (χ1) is 16.1. The van der Waals surface area contributed by atoms with E-state index in [1.165, 1.54) is 0 Å². The van der Waals surface area contributed by atoms with E-state index >= 15 is 0 Å². The van der Waals surface area contributed by atoms with Gasteiger partial charge in [-0.1, -0.05) is 0 Å². The second kappa shape index (κ2) is 9.44. The Kier molecular flexibility index (Phi) is 6.61. The third-order valence-corrected chi connectivity index (χ3v) is 10.6. The van der Waals surface area contributed by atoms with Gasteiger partial charge in [-0.25, -0.2) is 0 Å². The molecule has 0 radical (unpaired) electrons. The molecule has 3 aromatic rings. The molecule has 0 unspecified atom stereocenters. The van der Waals surface area contributed by atoms with Gasteiger partial charge in [0.15, 0.2) is 0 Å². The molecule has 1 saturated heterocycles. The fourth-order valence-corrected chi connectivity index (χ4v) is 9.34. The Bertz CT molecular complexity index is 974. The van der Waals surface area contributed by atoms with E-state index in [4.69, 9.17) is 18.5 Å². The summed E-state index contributed by atoms with van der Waals surface area (Å²) < 4.78 is 24.2. The van der Waals surface area contributed by atoms with E-state index in [0.29, 0.717) is 0 Å². The van der Waals surface area contributed by atoms with Crippen LogP contribution >= 0.6 is 7.06 Å². The Morgan fingerprint density at radius 2 is 0.939 bits per heavy atom. The van der Waals surface area contributed by atoms with Gasteiger partial charge in [-0.15, -0.1) is 0 Å². The van der Waals surface area contributed by atoms with Crippen molar-refractivity contribution in [2.75, 3.05) is 13.2 Å². The summed E-state index contributed by atoms with van der Waals surface area (Å²) in [5, 5.41) is 2.21. The molecule has 7 heteroatoms. The number of esters is 2. The van der Waals surface area contributed by atoms with E-state index in [1.807, 2.05) is 91.0 Å². The van der Waals surface area contributed by atoms with Crippen molar-refractivity contribution in [1.82, 2.24) is 0 Å². The van der Waals surface area contributed by atoms with Crippen LogP contribution in [0.1, 0.15) is 13.8 Å². The third-order valence-electron chi connectivity index (χ3n) is 5.62. The number of hydrogen-bond donors (Lipinski definition) is 0. The van der Waals surface area contributed by atoms with Gasteiger partial charge in [0.05, 0.1) is 0 Å². The minimum absolute atomic E-state index is 0.145. The SMILES string of the molecule is CCOC(=O)[C@H]1OP(c2ccccc2)(c2ccccc2)(c2ccccc2)O[C@@H]1C(=O)OCC. The van der Waals surface area contributed by atoms with Gasteiger partial charge in [0.1, 0.15) is 0 Å². The molecule has 1 heterocycles. The molecule has 1 aliphatic rings. The molecule has 33 heavy (non-hydrogen) atoms. The molecule has 0 aliphatic carbocycles. The Hall–Kier alpha value is -3.05. The fourth-order valence-electron chi connectivity index (χ4n) is 4.26. The average molecular weight is 466 g/mol. The molecule has 0 saturated carbocycles. The molecule has 2 atom stereocenters.